The van der Waals surface area contributed by atoms with Crippen LogP contribution >= 0.6 is 0 Å². The van der Waals surface area contributed by atoms with Crippen LogP contribution in [-0.4, -0.2) is 30.6 Å². The maximum Gasteiger partial charge on any atom is 0.105 e. The summed E-state index contributed by atoms with van der Waals surface area (Å²) >= 11 is 0. The van der Waals surface area contributed by atoms with Crippen LogP contribution in [0.2, 0.25) is 0 Å². The molecule has 0 unspecified atom stereocenters. The second-order valence-corrected chi connectivity index (χ2v) is 4.53. The SMILES string of the molecule is Cc1cc(CN2CCN[C@@H](C)C2)c(C)o1. The van der Waals surface area contributed by atoms with Gasteiger partial charge in [0.1, 0.15) is 11.5 Å². The number of hydrogen-bond acceptors (Lipinski definition) is 3. The summed E-state index contributed by atoms with van der Waals surface area (Å²) in [7, 11) is 0. The fourth-order valence-electron chi connectivity index (χ4n) is 2.24. The van der Waals surface area contributed by atoms with Crippen LogP contribution < -0.4 is 5.32 Å². The second-order valence-electron chi connectivity index (χ2n) is 4.53. The molecule has 0 aliphatic carbocycles. The van der Waals surface area contributed by atoms with Gasteiger partial charge in [0.05, 0.1) is 0 Å². The minimum atomic E-state index is 0.604. The Kier molecular flexibility index (Phi) is 3.12. The molecular weight excluding hydrogens is 188 g/mol. The maximum atomic E-state index is 5.54. The zero-order valence-corrected chi connectivity index (χ0v) is 9.84. The summed E-state index contributed by atoms with van der Waals surface area (Å²) in [4.78, 5) is 2.48. The first-order valence-electron chi connectivity index (χ1n) is 5.67. The summed E-state index contributed by atoms with van der Waals surface area (Å²) in [5.74, 6) is 2.09. The molecule has 3 nitrogen and oxygen atoms in total. The van der Waals surface area contributed by atoms with E-state index in [1.807, 2.05) is 13.8 Å². The zero-order chi connectivity index (χ0) is 10.8. The third-order valence-corrected chi connectivity index (χ3v) is 2.99. The van der Waals surface area contributed by atoms with Crippen molar-refractivity contribution in [3.63, 3.8) is 0 Å². The summed E-state index contributed by atoms with van der Waals surface area (Å²) < 4.78 is 5.54. The molecule has 0 spiro atoms. The van der Waals surface area contributed by atoms with Crippen molar-refractivity contribution >= 4 is 0 Å². The molecule has 0 bridgehead atoms. The predicted molar refractivity (Wildman–Crippen MR) is 60.9 cm³/mol. The Morgan fingerprint density at radius 3 is 2.93 bits per heavy atom. The summed E-state index contributed by atoms with van der Waals surface area (Å²) in [5.41, 5.74) is 1.33. The lowest BCUT2D eigenvalue weighted by atomic mass is 10.2. The Labute approximate surface area is 91.4 Å². The lowest BCUT2D eigenvalue weighted by Crippen LogP contribution is -2.48. The molecule has 0 amide bonds. The second kappa shape index (κ2) is 4.37. The molecule has 1 saturated heterocycles. The first-order chi connectivity index (χ1) is 7.15. The molecular formula is C12H20N2O. The van der Waals surface area contributed by atoms with Crippen molar-refractivity contribution in [3.8, 4) is 0 Å². The Hall–Kier alpha value is -0.800. The highest BCUT2D eigenvalue weighted by Gasteiger charge is 2.17. The van der Waals surface area contributed by atoms with Gasteiger partial charge in [-0.15, -0.1) is 0 Å². The topological polar surface area (TPSA) is 28.4 Å². The van der Waals surface area contributed by atoms with Gasteiger partial charge in [-0.05, 0) is 26.8 Å². The number of aryl methyl sites for hydroxylation is 2. The highest BCUT2D eigenvalue weighted by molar-refractivity contribution is 5.20. The van der Waals surface area contributed by atoms with E-state index in [0.717, 1.165) is 37.7 Å². The molecule has 1 N–H and O–H groups in total. The van der Waals surface area contributed by atoms with E-state index < -0.39 is 0 Å². The molecule has 1 aromatic rings. The summed E-state index contributed by atoms with van der Waals surface area (Å²) in [6.45, 7) is 10.7. The number of piperazine rings is 1. The molecule has 1 atom stereocenters. The molecule has 15 heavy (non-hydrogen) atoms. The third kappa shape index (κ3) is 2.61. The van der Waals surface area contributed by atoms with E-state index in [0.29, 0.717) is 6.04 Å². The largest absolute Gasteiger partial charge is 0.466 e. The van der Waals surface area contributed by atoms with Crippen molar-refractivity contribution < 1.29 is 4.42 Å². The Morgan fingerprint density at radius 1 is 1.53 bits per heavy atom. The molecule has 1 aliphatic rings. The maximum absolute atomic E-state index is 5.54. The lowest BCUT2D eigenvalue weighted by molar-refractivity contribution is 0.199. The van der Waals surface area contributed by atoms with Gasteiger partial charge in [-0.25, -0.2) is 0 Å². The van der Waals surface area contributed by atoms with Crippen molar-refractivity contribution in [2.75, 3.05) is 19.6 Å². The molecule has 2 rings (SSSR count). The van der Waals surface area contributed by atoms with E-state index in [1.54, 1.807) is 0 Å². The molecule has 84 valence electrons. The third-order valence-electron chi connectivity index (χ3n) is 2.99. The Bertz CT molecular complexity index is 332. The smallest absolute Gasteiger partial charge is 0.105 e. The van der Waals surface area contributed by atoms with Crippen LogP contribution in [-0.2, 0) is 6.54 Å². The van der Waals surface area contributed by atoms with E-state index in [2.05, 4.69) is 23.2 Å². The summed E-state index contributed by atoms with van der Waals surface area (Å²) in [6.07, 6.45) is 0. The van der Waals surface area contributed by atoms with Gasteiger partial charge in [0.15, 0.2) is 0 Å². The van der Waals surface area contributed by atoms with Gasteiger partial charge < -0.3 is 9.73 Å². The van der Waals surface area contributed by atoms with Crippen molar-refractivity contribution in [2.45, 2.75) is 33.4 Å². The fourth-order valence-corrected chi connectivity index (χ4v) is 2.24. The van der Waals surface area contributed by atoms with Gasteiger partial charge in [0, 0.05) is 37.8 Å². The van der Waals surface area contributed by atoms with Crippen LogP contribution in [0.5, 0.6) is 0 Å². The van der Waals surface area contributed by atoms with Crippen molar-refractivity contribution in [1.29, 1.82) is 0 Å². The van der Waals surface area contributed by atoms with Crippen LogP contribution in [0, 0.1) is 13.8 Å². The standard InChI is InChI=1S/C12H20N2O/c1-9-7-14(5-4-13-9)8-12-6-10(2)15-11(12)3/h6,9,13H,4-5,7-8H2,1-3H3/t9-/m0/s1. The Balaban J connectivity index is 1.99. The first-order valence-corrected chi connectivity index (χ1v) is 5.67. The van der Waals surface area contributed by atoms with Gasteiger partial charge in [-0.3, -0.25) is 4.90 Å². The fraction of sp³-hybridized carbons (Fsp3) is 0.667. The van der Waals surface area contributed by atoms with E-state index in [1.165, 1.54) is 5.56 Å². The van der Waals surface area contributed by atoms with Crippen LogP contribution in [0.1, 0.15) is 24.0 Å². The number of hydrogen-bond donors (Lipinski definition) is 1. The molecule has 0 saturated carbocycles. The minimum Gasteiger partial charge on any atom is -0.466 e. The molecule has 2 heterocycles. The van der Waals surface area contributed by atoms with E-state index in [-0.39, 0.29) is 0 Å². The van der Waals surface area contributed by atoms with E-state index in [4.69, 9.17) is 4.42 Å². The Morgan fingerprint density at radius 2 is 2.33 bits per heavy atom. The summed E-state index contributed by atoms with van der Waals surface area (Å²) in [5, 5.41) is 3.45. The predicted octanol–water partition coefficient (Wildman–Crippen LogP) is 1.69. The normalized spacial score (nSPS) is 23.3. The number of furan rings is 1. The minimum absolute atomic E-state index is 0.604. The molecule has 1 aliphatic heterocycles. The van der Waals surface area contributed by atoms with Gasteiger partial charge >= 0.3 is 0 Å². The van der Waals surface area contributed by atoms with Crippen LogP contribution in [0.4, 0.5) is 0 Å². The monoisotopic (exact) mass is 208 g/mol. The summed E-state index contributed by atoms with van der Waals surface area (Å²) in [6, 6.07) is 2.76. The highest BCUT2D eigenvalue weighted by Crippen LogP contribution is 2.16. The van der Waals surface area contributed by atoms with E-state index in [9.17, 15) is 0 Å². The van der Waals surface area contributed by atoms with E-state index >= 15 is 0 Å². The van der Waals surface area contributed by atoms with Crippen LogP contribution in [0.3, 0.4) is 0 Å². The van der Waals surface area contributed by atoms with Crippen LogP contribution in [0.15, 0.2) is 10.5 Å². The molecule has 1 fully saturated rings. The molecule has 0 aromatic carbocycles. The van der Waals surface area contributed by atoms with Crippen molar-refractivity contribution in [1.82, 2.24) is 10.2 Å². The zero-order valence-electron chi connectivity index (χ0n) is 9.84. The average molecular weight is 208 g/mol. The molecule has 1 aromatic heterocycles. The first kappa shape index (κ1) is 10.7. The quantitative estimate of drug-likeness (QED) is 0.801. The number of rotatable bonds is 2. The van der Waals surface area contributed by atoms with Gasteiger partial charge in [-0.2, -0.15) is 0 Å². The number of nitrogens with zero attached hydrogens (tertiary/aromatic N) is 1. The average Bonchev–Trinajstić information content (AvgIpc) is 2.45. The number of nitrogens with one attached hydrogen (secondary N) is 1. The van der Waals surface area contributed by atoms with Crippen molar-refractivity contribution in [3.05, 3.63) is 23.2 Å². The highest BCUT2D eigenvalue weighted by atomic mass is 16.3. The van der Waals surface area contributed by atoms with Crippen LogP contribution in [0.25, 0.3) is 0 Å². The molecule has 0 radical (unpaired) electrons. The van der Waals surface area contributed by atoms with Gasteiger partial charge in [0.2, 0.25) is 0 Å². The lowest BCUT2D eigenvalue weighted by Gasteiger charge is -2.31. The van der Waals surface area contributed by atoms with Gasteiger partial charge in [0.25, 0.3) is 0 Å². The van der Waals surface area contributed by atoms with Crippen molar-refractivity contribution in [2.24, 2.45) is 0 Å². The molecule has 3 heteroatoms. The van der Waals surface area contributed by atoms with Gasteiger partial charge in [-0.1, -0.05) is 0 Å².